The van der Waals surface area contributed by atoms with E-state index >= 15 is 0 Å². The number of para-hydroxylation sites is 1. The molecule has 2 aromatic carbocycles. The van der Waals surface area contributed by atoms with Crippen molar-refractivity contribution in [1.82, 2.24) is 0 Å². The molecule has 0 aliphatic rings. The quantitative estimate of drug-likeness (QED) is 0.597. The van der Waals surface area contributed by atoms with Crippen LogP contribution in [0.2, 0.25) is 0 Å². The molecule has 2 aromatic rings. The molecular formula is C20H18O5. The number of aromatic hydroxyl groups is 2. The first kappa shape index (κ1) is 18.0. The molecule has 0 radical (unpaired) electrons. The lowest BCUT2D eigenvalue weighted by atomic mass is 10.1. The van der Waals surface area contributed by atoms with Crippen LogP contribution in [-0.4, -0.2) is 28.9 Å². The molecule has 5 nitrogen and oxygen atoms in total. The van der Waals surface area contributed by atoms with Crippen molar-refractivity contribution in [2.45, 2.75) is 6.42 Å². The molecule has 0 fully saturated rings. The number of ether oxygens (including phenoxy) is 1. The average molecular weight is 338 g/mol. The highest BCUT2D eigenvalue weighted by Crippen LogP contribution is 2.30. The van der Waals surface area contributed by atoms with Crippen LogP contribution in [0.25, 0.3) is 12.2 Å². The maximum Gasteiger partial charge on any atom is 0.167 e. The van der Waals surface area contributed by atoms with E-state index in [0.29, 0.717) is 5.56 Å². The summed E-state index contributed by atoms with van der Waals surface area (Å²) in [4.78, 5) is 23.7. The van der Waals surface area contributed by atoms with Crippen LogP contribution in [-0.2, 0) is 9.59 Å². The van der Waals surface area contributed by atoms with Gasteiger partial charge in [0, 0.05) is 5.56 Å². The van der Waals surface area contributed by atoms with Crippen LogP contribution in [0.15, 0.2) is 54.6 Å². The zero-order valence-electron chi connectivity index (χ0n) is 13.7. The highest BCUT2D eigenvalue weighted by atomic mass is 16.5. The Labute approximate surface area is 145 Å². The second-order valence-corrected chi connectivity index (χ2v) is 5.27. The van der Waals surface area contributed by atoms with Gasteiger partial charge in [-0.1, -0.05) is 30.3 Å². The lowest BCUT2D eigenvalue weighted by molar-refractivity contribution is -0.121. The fourth-order valence-electron chi connectivity index (χ4n) is 2.14. The van der Waals surface area contributed by atoms with Crippen molar-refractivity contribution in [1.29, 1.82) is 0 Å². The fourth-order valence-corrected chi connectivity index (χ4v) is 2.14. The Kier molecular flexibility index (Phi) is 6.12. The van der Waals surface area contributed by atoms with Crippen LogP contribution in [0, 0.1) is 0 Å². The van der Waals surface area contributed by atoms with Gasteiger partial charge in [-0.2, -0.15) is 0 Å². The Hall–Kier alpha value is -3.34. The molecular weight excluding hydrogens is 320 g/mol. The van der Waals surface area contributed by atoms with Crippen LogP contribution in [0.3, 0.4) is 0 Å². The summed E-state index contributed by atoms with van der Waals surface area (Å²) in [5.41, 5.74) is 1.29. The van der Waals surface area contributed by atoms with Crippen molar-refractivity contribution in [2.24, 2.45) is 0 Å². The maximum atomic E-state index is 11.9. The number of allylic oxidation sites excluding steroid dienone is 2. The molecule has 0 bridgehead atoms. The van der Waals surface area contributed by atoms with Crippen LogP contribution in [0.1, 0.15) is 17.5 Å². The van der Waals surface area contributed by atoms with Crippen molar-refractivity contribution in [3.05, 3.63) is 65.7 Å². The van der Waals surface area contributed by atoms with E-state index in [0.717, 1.165) is 5.56 Å². The smallest absolute Gasteiger partial charge is 0.167 e. The van der Waals surface area contributed by atoms with Gasteiger partial charge in [-0.05, 0) is 42.0 Å². The second kappa shape index (κ2) is 8.49. The van der Waals surface area contributed by atoms with Crippen molar-refractivity contribution in [3.8, 4) is 17.2 Å². The number of hydrogen-bond acceptors (Lipinski definition) is 5. The van der Waals surface area contributed by atoms with Crippen molar-refractivity contribution >= 4 is 23.7 Å². The van der Waals surface area contributed by atoms with E-state index in [1.54, 1.807) is 30.3 Å². The lowest BCUT2D eigenvalue weighted by Gasteiger charge is -2.06. The van der Waals surface area contributed by atoms with Crippen LogP contribution in [0.5, 0.6) is 17.2 Å². The number of hydrogen-bond donors (Lipinski definition) is 2. The summed E-state index contributed by atoms with van der Waals surface area (Å²) in [6.07, 6.45) is 5.43. The number of benzene rings is 2. The molecule has 0 heterocycles. The number of methoxy groups -OCH3 is 1. The summed E-state index contributed by atoms with van der Waals surface area (Å²) in [6.45, 7) is 0. The van der Waals surface area contributed by atoms with Gasteiger partial charge in [0.15, 0.2) is 23.1 Å². The van der Waals surface area contributed by atoms with Gasteiger partial charge in [0.2, 0.25) is 0 Å². The van der Waals surface area contributed by atoms with Gasteiger partial charge in [-0.3, -0.25) is 9.59 Å². The minimum absolute atomic E-state index is 0.0231. The molecule has 0 spiro atoms. The molecule has 0 saturated heterocycles. The molecule has 5 heteroatoms. The van der Waals surface area contributed by atoms with Gasteiger partial charge in [-0.15, -0.1) is 0 Å². The van der Waals surface area contributed by atoms with E-state index in [1.165, 1.54) is 43.5 Å². The summed E-state index contributed by atoms with van der Waals surface area (Å²) in [7, 11) is 1.42. The second-order valence-electron chi connectivity index (χ2n) is 5.27. The Morgan fingerprint density at radius 3 is 2.24 bits per heavy atom. The zero-order valence-corrected chi connectivity index (χ0v) is 13.7. The van der Waals surface area contributed by atoms with E-state index in [4.69, 9.17) is 4.74 Å². The van der Waals surface area contributed by atoms with Gasteiger partial charge in [0.25, 0.3) is 0 Å². The summed E-state index contributed by atoms with van der Waals surface area (Å²) in [5, 5.41) is 18.9. The first-order chi connectivity index (χ1) is 12.0. The molecule has 128 valence electrons. The zero-order chi connectivity index (χ0) is 18.2. The Bertz CT molecular complexity index is 816. The van der Waals surface area contributed by atoms with E-state index in [2.05, 4.69) is 0 Å². The third kappa shape index (κ3) is 5.35. The number of phenolic OH excluding ortho intramolecular Hbond substituents is 2. The summed E-state index contributed by atoms with van der Waals surface area (Å²) < 4.78 is 5.08. The number of carbonyl (C=O) groups is 2. The number of phenols is 2. The monoisotopic (exact) mass is 338 g/mol. The van der Waals surface area contributed by atoms with Gasteiger partial charge >= 0.3 is 0 Å². The minimum atomic E-state index is -0.356. The third-order valence-electron chi connectivity index (χ3n) is 3.38. The van der Waals surface area contributed by atoms with E-state index in [-0.39, 0.29) is 35.2 Å². The normalized spacial score (nSPS) is 11.1. The van der Waals surface area contributed by atoms with Crippen LogP contribution >= 0.6 is 0 Å². The van der Waals surface area contributed by atoms with Gasteiger partial charge in [0.05, 0.1) is 13.5 Å². The van der Waals surface area contributed by atoms with Crippen molar-refractivity contribution < 1.29 is 24.5 Å². The molecule has 0 aliphatic heterocycles. The highest BCUT2D eigenvalue weighted by Gasteiger charge is 2.07. The summed E-state index contributed by atoms with van der Waals surface area (Å²) in [6, 6.07) is 11.2. The standard InChI is InChI=1S/C20H18O5/c1-25-20-15(3-2-4-19(20)24)8-12-18(23)13-17(22)11-7-14-5-9-16(21)10-6-14/h2-12,21,24H,13H2,1H3. The predicted octanol–water partition coefficient (Wildman–Crippen LogP) is 3.36. The summed E-state index contributed by atoms with van der Waals surface area (Å²) in [5.74, 6) is -0.294. The fraction of sp³-hybridized carbons (Fsp3) is 0.100. The highest BCUT2D eigenvalue weighted by molar-refractivity contribution is 6.11. The van der Waals surface area contributed by atoms with Crippen molar-refractivity contribution in [2.75, 3.05) is 7.11 Å². The molecule has 0 aromatic heterocycles. The molecule has 2 rings (SSSR count). The largest absolute Gasteiger partial charge is 0.508 e. The SMILES string of the molecule is COc1c(O)cccc1C=CC(=O)CC(=O)C=Cc1ccc(O)cc1. The topological polar surface area (TPSA) is 83.8 Å². The average Bonchev–Trinajstić information content (AvgIpc) is 2.59. The molecule has 0 amide bonds. The molecule has 0 saturated carbocycles. The number of carbonyl (C=O) groups excluding carboxylic acids is 2. The van der Waals surface area contributed by atoms with E-state index in [9.17, 15) is 19.8 Å². The maximum absolute atomic E-state index is 11.9. The molecule has 0 aliphatic carbocycles. The van der Waals surface area contributed by atoms with Gasteiger partial charge < -0.3 is 14.9 Å². The van der Waals surface area contributed by atoms with E-state index in [1.807, 2.05) is 0 Å². The van der Waals surface area contributed by atoms with Crippen LogP contribution in [0.4, 0.5) is 0 Å². The third-order valence-corrected chi connectivity index (χ3v) is 3.38. The molecule has 0 atom stereocenters. The molecule has 0 unspecified atom stereocenters. The van der Waals surface area contributed by atoms with E-state index < -0.39 is 0 Å². The number of ketones is 2. The molecule has 25 heavy (non-hydrogen) atoms. The summed E-state index contributed by atoms with van der Waals surface area (Å²) >= 11 is 0. The Balaban J connectivity index is 1.96. The minimum Gasteiger partial charge on any atom is -0.508 e. The van der Waals surface area contributed by atoms with Gasteiger partial charge in [-0.25, -0.2) is 0 Å². The van der Waals surface area contributed by atoms with Gasteiger partial charge in [0.1, 0.15) is 5.75 Å². The Morgan fingerprint density at radius 1 is 0.960 bits per heavy atom. The van der Waals surface area contributed by atoms with Crippen LogP contribution < -0.4 is 4.74 Å². The van der Waals surface area contributed by atoms with Crippen molar-refractivity contribution in [3.63, 3.8) is 0 Å². The first-order valence-electron chi connectivity index (χ1n) is 7.56. The Morgan fingerprint density at radius 2 is 1.60 bits per heavy atom. The first-order valence-corrected chi connectivity index (χ1v) is 7.56. The lowest BCUT2D eigenvalue weighted by Crippen LogP contribution is -2.02. The molecule has 2 N–H and O–H groups in total. The predicted molar refractivity (Wildman–Crippen MR) is 95.5 cm³/mol. The number of rotatable bonds is 7.